The molecule has 0 spiro atoms. The van der Waals surface area contributed by atoms with Crippen molar-refractivity contribution in [3.63, 3.8) is 0 Å². The first kappa shape index (κ1) is 18.3. The molecule has 0 saturated heterocycles. The third-order valence-electron chi connectivity index (χ3n) is 5.75. The van der Waals surface area contributed by atoms with Crippen molar-refractivity contribution in [3.8, 4) is 5.69 Å². The normalized spacial score (nSPS) is 14.9. The third-order valence-corrected chi connectivity index (χ3v) is 5.75. The van der Waals surface area contributed by atoms with Gasteiger partial charge in [-0.15, -0.1) is 0 Å². The van der Waals surface area contributed by atoms with E-state index in [4.69, 9.17) is 0 Å². The molecule has 4 rings (SSSR count). The Hall–Kier alpha value is -3.06. The Morgan fingerprint density at radius 3 is 2.29 bits per heavy atom. The zero-order chi connectivity index (χ0) is 19.7. The van der Waals surface area contributed by atoms with Crippen molar-refractivity contribution in [2.24, 2.45) is 5.92 Å². The Balaban J connectivity index is 2.22. The highest BCUT2D eigenvalue weighted by Crippen LogP contribution is 2.24. The van der Waals surface area contributed by atoms with Crippen LogP contribution in [-0.4, -0.2) is 4.57 Å². The minimum Gasteiger partial charge on any atom is -0.309 e. The molecule has 0 radical (unpaired) electrons. The average Bonchev–Trinajstić information content (AvgIpc) is 3.07. The largest absolute Gasteiger partial charge is 0.309 e. The summed E-state index contributed by atoms with van der Waals surface area (Å²) >= 11 is 0. The summed E-state index contributed by atoms with van der Waals surface area (Å²) in [6.45, 7) is 8.79. The van der Waals surface area contributed by atoms with Gasteiger partial charge in [-0.25, -0.2) is 0 Å². The van der Waals surface area contributed by atoms with Gasteiger partial charge in [0.1, 0.15) is 0 Å². The van der Waals surface area contributed by atoms with E-state index < -0.39 is 0 Å². The first-order chi connectivity index (χ1) is 13.7. The van der Waals surface area contributed by atoms with Gasteiger partial charge < -0.3 is 4.57 Å². The van der Waals surface area contributed by atoms with Crippen LogP contribution in [0.1, 0.15) is 27.7 Å². The minimum atomic E-state index is 0.399. The van der Waals surface area contributed by atoms with E-state index in [0.717, 1.165) is 0 Å². The number of para-hydroxylation sites is 1. The van der Waals surface area contributed by atoms with E-state index in [0.29, 0.717) is 5.92 Å². The standard InChI is InChI=1S/C27H27N/c1-5-12-19(3)20(4)27-23-16-9-10-17-26(23)28(24(27)6-2)25-18-11-14-21-13-7-8-15-22(21)25/h5-19H,1-4H3/b12-5-,24-6+,27-20+. The second-order valence-corrected chi connectivity index (χ2v) is 7.40. The summed E-state index contributed by atoms with van der Waals surface area (Å²) in [4.78, 5) is 0. The second kappa shape index (κ2) is 7.52. The Kier molecular flexibility index (Phi) is 4.92. The molecule has 0 aliphatic heterocycles. The van der Waals surface area contributed by atoms with Crippen LogP contribution in [0.3, 0.4) is 0 Å². The molecule has 1 unspecified atom stereocenters. The summed E-state index contributed by atoms with van der Waals surface area (Å²) in [5.74, 6) is 0.399. The van der Waals surface area contributed by atoms with Crippen molar-refractivity contribution in [1.29, 1.82) is 0 Å². The Bertz CT molecular complexity index is 1300. The molecule has 0 bridgehead atoms. The Morgan fingerprint density at radius 2 is 1.54 bits per heavy atom. The fourth-order valence-corrected chi connectivity index (χ4v) is 4.27. The molecule has 28 heavy (non-hydrogen) atoms. The number of hydrogen-bond donors (Lipinski definition) is 0. The third kappa shape index (κ3) is 2.88. The number of hydrogen-bond acceptors (Lipinski definition) is 0. The molecule has 0 aliphatic carbocycles. The summed E-state index contributed by atoms with van der Waals surface area (Å²) in [5.41, 5.74) is 3.90. The molecule has 0 fully saturated rings. The van der Waals surface area contributed by atoms with Crippen LogP contribution in [0.2, 0.25) is 0 Å². The molecule has 0 N–H and O–H groups in total. The quantitative estimate of drug-likeness (QED) is 0.394. The molecule has 1 heteroatoms. The maximum Gasteiger partial charge on any atom is 0.0541 e. The summed E-state index contributed by atoms with van der Waals surface area (Å²) in [7, 11) is 0. The SMILES string of the molecule is C/C=C\C(C)/C(C)=c1/c(=C\C)n(-c2cccc3ccccc23)c2ccccc12. The van der Waals surface area contributed by atoms with Crippen LogP contribution < -0.4 is 10.6 Å². The summed E-state index contributed by atoms with van der Waals surface area (Å²) in [6.07, 6.45) is 6.68. The van der Waals surface area contributed by atoms with Crippen LogP contribution in [0, 0.1) is 5.92 Å². The van der Waals surface area contributed by atoms with Gasteiger partial charge in [0.2, 0.25) is 0 Å². The van der Waals surface area contributed by atoms with Crippen LogP contribution >= 0.6 is 0 Å². The average molecular weight is 366 g/mol. The van der Waals surface area contributed by atoms with Gasteiger partial charge in [-0.3, -0.25) is 0 Å². The lowest BCUT2D eigenvalue weighted by Gasteiger charge is -2.11. The first-order valence-corrected chi connectivity index (χ1v) is 10.0. The molecule has 4 aromatic rings. The lowest BCUT2D eigenvalue weighted by atomic mass is 9.99. The Morgan fingerprint density at radius 1 is 0.857 bits per heavy atom. The topological polar surface area (TPSA) is 4.93 Å². The molecule has 1 aromatic heterocycles. The van der Waals surface area contributed by atoms with Crippen molar-refractivity contribution in [2.45, 2.75) is 27.7 Å². The van der Waals surface area contributed by atoms with Gasteiger partial charge in [0.05, 0.1) is 11.2 Å². The van der Waals surface area contributed by atoms with Crippen molar-refractivity contribution < 1.29 is 0 Å². The first-order valence-electron chi connectivity index (χ1n) is 10.0. The van der Waals surface area contributed by atoms with Crippen LogP contribution in [0.4, 0.5) is 0 Å². The van der Waals surface area contributed by atoms with E-state index in [1.807, 2.05) is 0 Å². The zero-order valence-corrected chi connectivity index (χ0v) is 17.1. The molecular formula is C27H27N. The second-order valence-electron chi connectivity index (χ2n) is 7.40. The number of fused-ring (bicyclic) bond motifs is 2. The maximum atomic E-state index is 2.43. The number of aromatic nitrogens is 1. The molecule has 1 atom stereocenters. The van der Waals surface area contributed by atoms with Crippen LogP contribution in [0.25, 0.3) is 39.0 Å². The van der Waals surface area contributed by atoms with E-state index in [1.165, 1.54) is 43.5 Å². The highest BCUT2D eigenvalue weighted by Gasteiger charge is 2.13. The van der Waals surface area contributed by atoms with Crippen LogP contribution in [0.5, 0.6) is 0 Å². The minimum absolute atomic E-state index is 0.399. The van der Waals surface area contributed by atoms with Crippen molar-refractivity contribution in [3.05, 3.63) is 89.4 Å². The number of nitrogens with zero attached hydrogens (tertiary/aromatic N) is 1. The summed E-state index contributed by atoms with van der Waals surface area (Å²) in [6, 6.07) is 24.0. The van der Waals surface area contributed by atoms with E-state index in [2.05, 4.69) is 117 Å². The molecule has 1 nitrogen and oxygen atoms in total. The van der Waals surface area contributed by atoms with Gasteiger partial charge in [0.25, 0.3) is 0 Å². The maximum absolute atomic E-state index is 2.43. The fraction of sp³-hybridized carbons (Fsp3) is 0.185. The molecular weight excluding hydrogens is 338 g/mol. The van der Waals surface area contributed by atoms with E-state index >= 15 is 0 Å². The van der Waals surface area contributed by atoms with Gasteiger partial charge in [-0.05, 0) is 44.2 Å². The lowest BCUT2D eigenvalue weighted by Crippen LogP contribution is -2.30. The van der Waals surface area contributed by atoms with Crippen LogP contribution in [-0.2, 0) is 0 Å². The Labute approximate surface area is 166 Å². The predicted octanol–water partition coefficient (Wildman–Crippen LogP) is 5.97. The van der Waals surface area contributed by atoms with Gasteiger partial charge in [-0.1, -0.05) is 85.3 Å². The highest BCUT2D eigenvalue weighted by atomic mass is 15.0. The molecule has 1 heterocycles. The fourth-order valence-electron chi connectivity index (χ4n) is 4.27. The summed E-state index contributed by atoms with van der Waals surface area (Å²) in [5, 5.41) is 6.49. The van der Waals surface area contributed by atoms with Gasteiger partial charge in [0, 0.05) is 21.3 Å². The molecule has 0 amide bonds. The van der Waals surface area contributed by atoms with E-state index in [9.17, 15) is 0 Å². The summed E-state index contributed by atoms with van der Waals surface area (Å²) < 4.78 is 2.43. The number of rotatable bonds is 3. The van der Waals surface area contributed by atoms with Crippen LogP contribution in [0.15, 0.2) is 78.9 Å². The van der Waals surface area contributed by atoms with E-state index in [1.54, 1.807) is 0 Å². The molecule has 0 aliphatic rings. The van der Waals surface area contributed by atoms with Gasteiger partial charge in [-0.2, -0.15) is 0 Å². The van der Waals surface area contributed by atoms with Crippen molar-refractivity contribution in [2.75, 3.05) is 0 Å². The number of allylic oxidation sites excluding steroid dienone is 2. The van der Waals surface area contributed by atoms with Crippen molar-refractivity contribution >= 4 is 33.3 Å². The monoisotopic (exact) mass is 365 g/mol. The predicted molar refractivity (Wildman–Crippen MR) is 123 cm³/mol. The van der Waals surface area contributed by atoms with Crippen molar-refractivity contribution in [1.82, 2.24) is 4.57 Å². The highest BCUT2D eigenvalue weighted by molar-refractivity contribution is 5.93. The lowest BCUT2D eigenvalue weighted by molar-refractivity contribution is 0.940. The zero-order valence-electron chi connectivity index (χ0n) is 17.1. The molecule has 3 aromatic carbocycles. The molecule has 0 saturated carbocycles. The number of benzene rings is 3. The van der Waals surface area contributed by atoms with E-state index in [-0.39, 0.29) is 0 Å². The van der Waals surface area contributed by atoms with Gasteiger partial charge >= 0.3 is 0 Å². The van der Waals surface area contributed by atoms with Gasteiger partial charge in [0.15, 0.2) is 0 Å². The smallest absolute Gasteiger partial charge is 0.0541 e. The molecule has 140 valence electrons.